The number of likely N-dealkylation sites (tertiary alicyclic amines) is 2. The minimum Gasteiger partial charge on any atom is -0.341 e. The van der Waals surface area contributed by atoms with Crippen molar-refractivity contribution in [1.29, 1.82) is 0 Å². The second kappa shape index (κ2) is 8.30. The Morgan fingerprint density at radius 3 is 2.57 bits per heavy atom. The Hall–Kier alpha value is -2.42. The molecule has 0 N–H and O–H groups in total. The van der Waals surface area contributed by atoms with Crippen molar-refractivity contribution in [2.75, 3.05) is 19.6 Å². The minimum atomic E-state index is -0.871. The maximum atomic E-state index is 13.6. The van der Waals surface area contributed by atoms with E-state index in [0.29, 0.717) is 25.1 Å². The van der Waals surface area contributed by atoms with E-state index in [1.54, 1.807) is 17.1 Å². The minimum absolute atomic E-state index is 0.0266. The molecule has 2 saturated heterocycles. The average molecular weight is 390 g/mol. The number of aromatic nitrogens is 4. The van der Waals surface area contributed by atoms with Crippen LogP contribution in [0, 0.1) is 11.6 Å². The van der Waals surface area contributed by atoms with Crippen molar-refractivity contribution in [2.45, 2.75) is 50.7 Å². The average Bonchev–Trinajstić information content (AvgIpc) is 3.28. The molecule has 0 unspecified atom stereocenters. The predicted molar refractivity (Wildman–Crippen MR) is 97.1 cm³/mol. The van der Waals surface area contributed by atoms with Crippen molar-refractivity contribution >= 4 is 5.91 Å². The number of carbonyl (C=O) groups is 1. The first-order chi connectivity index (χ1) is 13.6. The molecule has 2 aliphatic heterocycles. The van der Waals surface area contributed by atoms with E-state index >= 15 is 0 Å². The summed E-state index contributed by atoms with van der Waals surface area (Å²) >= 11 is 0. The highest BCUT2D eigenvalue weighted by Crippen LogP contribution is 2.30. The van der Waals surface area contributed by atoms with Crippen molar-refractivity contribution in [3.63, 3.8) is 0 Å². The first kappa shape index (κ1) is 18.9. The molecule has 0 radical (unpaired) electrons. The Morgan fingerprint density at radius 2 is 1.89 bits per heavy atom. The fraction of sp³-hybridized carbons (Fsp3) is 0.579. The van der Waals surface area contributed by atoms with Gasteiger partial charge in [0.25, 0.3) is 0 Å². The number of hydrogen-bond acceptors (Lipinski definition) is 5. The van der Waals surface area contributed by atoms with Crippen LogP contribution in [0.15, 0.2) is 24.5 Å². The van der Waals surface area contributed by atoms with Gasteiger partial charge in [-0.25, -0.2) is 13.5 Å². The van der Waals surface area contributed by atoms with Gasteiger partial charge in [0.05, 0.1) is 12.1 Å². The van der Waals surface area contributed by atoms with E-state index in [2.05, 4.69) is 15.5 Å². The SMILES string of the molecule is O=C([C@@H]1C[C@H](n2cnnn2)CN1Cc1ccc(F)c(F)c1)N1CCCCCC1. The largest absolute Gasteiger partial charge is 0.341 e. The Labute approximate surface area is 162 Å². The molecule has 3 heterocycles. The molecule has 1 aromatic carbocycles. The molecule has 9 heteroatoms. The Kier molecular flexibility index (Phi) is 5.61. The molecule has 2 aliphatic rings. The zero-order valence-corrected chi connectivity index (χ0v) is 15.7. The standard InChI is InChI=1S/C19H24F2N6O/c20-16-6-5-14(9-17(16)21)11-26-12-15(27-13-22-23-24-27)10-18(26)19(28)25-7-3-1-2-4-8-25/h5-6,9,13,15,18H,1-4,7-8,10-12H2/t15-,18-/m0/s1. The molecule has 0 spiro atoms. The third-order valence-electron chi connectivity index (χ3n) is 5.69. The van der Waals surface area contributed by atoms with E-state index in [-0.39, 0.29) is 18.0 Å². The molecule has 0 saturated carbocycles. The summed E-state index contributed by atoms with van der Waals surface area (Å²) in [6.07, 6.45) is 6.51. The lowest BCUT2D eigenvalue weighted by molar-refractivity contribution is -0.136. The fourth-order valence-corrected chi connectivity index (χ4v) is 4.21. The Morgan fingerprint density at radius 1 is 1.11 bits per heavy atom. The zero-order valence-electron chi connectivity index (χ0n) is 15.7. The van der Waals surface area contributed by atoms with Gasteiger partial charge < -0.3 is 4.90 Å². The number of tetrazole rings is 1. The van der Waals surface area contributed by atoms with Crippen LogP contribution in [0.5, 0.6) is 0 Å². The molecule has 150 valence electrons. The second-order valence-electron chi connectivity index (χ2n) is 7.61. The van der Waals surface area contributed by atoms with Crippen LogP contribution < -0.4 is 0 Å². The summed E-state index contributed by atoms with van der Waals surface area (Å²) in [5.41, 5.74) is 0.643. The maximum absolute atomic E-state index is 13.6. The van der Waals surface area contributed by atoms with Gasteiger partial charge >= 0.3 is 0 Å². The summed E-state index contributed by atoms with van der Waals surface area (Å²) < 4.78 is 28.6. The molecule has 0 aliphatic carbocycles. The lowest BCUT2D eigenvalue weighted by Gasteiger charge is -2.29. The van der Waals surface area contributed by atoms with Crippen molar-refractivity contribution in [1.82, 2.24) is 30.0 Å². The van der Waals surface area contributed by atoms with Crippen molar-refractivity contribution in [3.05, 3.63) is 41.7 Å². The summed E-state index contributed by atoms with van der Waals surface area (Å²) in [5, 5.41) is 11.4. The smallest absolute Gasteiger partial charge is 0.240 e. The van der Waals surface area contributed by atoms with Crippen molar-refractivity contribution in [3.8, 4) is 0 Å². The molecule has 0 bridgehead atoms. The number of hydrogen-bond donors (Lipinski definition) is 0. The number of benzene rings is 1. The van der Waals surface area contributed by atoms with Gasteiger partial charge in [-0.3, -0.25) is 9.69 Å². The topological polar surface area (TPSA) is 67.2 Å². The molecule has 2 aromatic rings. The lowest BCUT2D eigenvalue weighted by atomic mass is 10.1. The fourth-order valence-electron chi connectivity index (χ4n) is 4.21. The summed E-state index contributed by atoms with van der Waals surface area (Å²) in [4.78, 5) is 17.3. The number of rotatable bonds is 4. The normalized spacial score (nSPS) is 23.7. The molecule has 2 fully saturated rings. The van der Waals surface area contributed by atoms with Crippen LogP contribution in [-0.2, 0) is 11.3 Å². The summed E-state index contributed by atoms with van der Waals surface area (Å²) in [5.74, 6) is -1.63. The van der Waals surface area contributed by atoms with Crippen LogP contribution in [0.25, 0.3) is 0 Å². The van der Waals surface area contributed by atoms with Crippen molar-refractivity contribution in [2.24, 2.45) is 0 Å². The van der Waals surface area contributed by atoms with E-state index in [4.69, 9.17) is 0 Å². The highest BCUT2D eigenvalue weighted by Gasteiger charge is 2.40. The van der Waals surface area contributed by atoms with Gasteiger partial charge in [0, 0.05) is 26.2 Å². The lowest BCUT2D eigenvalue weighted by Crippen LogP contribution is -2.45. The first-order valence-electron chi connectivity index (χ1n) is 9.81. The van der Waals surface area contributed by atoms with E-state index in [1.807, 2.05) is 9.80 Å². The quantitative estimate of drug-likeness (QED) is 0.801. The third-order valence-corrected chi connectivity index (χ3v) is 5.69. The highest BCUT2D eigenvalue weighted by atomic mass is 19.2. The van der Waals surface area contributed by atoms with E-state index in [9.17, 15) is 13.6 Å². The van der Waals surface area contributed by atoms with E-state index in [1.165, 1.54) is 6.07 Å². The molecule has 1 aromatic heterocycles. The number of amides is 1. The predicted octanol–water partition coefficient (Wildman–Crippen LogP) is 2.17. The van der Waals surface area contributed by atoms with Gasteiger partial charge in [0.2, 0.25) is 5.91 Å². The van der Waals surface area contributed by atoms with Crippen molar-refractivity contribution < 1.29 is 13.6 Å². The van der Waals surface area contributed by atoms with Crippen LogP contribution in [-0.4, -0.2) is 61.6 Å². The van der Waals surface area contributed by atoms with Crippen LogP contribution in [0.3, 0.4) is 0 Å². The first-order valence-corrected chi connectivity index (χ1v) is 9.81. The molecular weight excluding hydrogens is 366 g/mol. The van der Waals surface area contributed by atoms with Gasteiger partial charge in [-0.2, -0.15) is 0 Å². The van der Waals surface area contributed by atoms with Crippen LogP contribution in [0.2, 0.25) is 0 Å². The van der Waals surface area contributed by atoms with Gasteiger partial charge in [-0.05, 0) is 47.4 Å². The van der Waals surface area contributed by atoms with Crippen LogP contribution in [0.4, 0.5) is 8.78 Å². The summed E-state index contributed by atoms with van der Waals surface area (Å²) in [6.45, 7) is 2.52. The molecule has 1 amide bonds. The monoisotopic (exact) mass is 390 g/mol. The van der Waals surface area contributed by atoms with Gasteiger partial charge in [-0.15, -0.1) is 5.10 Å². The zero-order chi connectivity index (χ0) is 19.5. The van der Waals surface area contributed by atoms with Gasteiger partial charge in [0.1, 0.15) is 6.33 Å². The Bertz CT molecular complexity index is 807. The van der Waals surface area contributed by atoms with E-state index < -0.39 is 11.6 Å². The Balaban J connectivity index is 1.54. The second-order valence-corrected chi connectivity index (χ2v) is 7.61. The summed E-state index contributed by atoms with van der Waals surface area (Å²) in [6, 6.07) is 3.55. The molecule has 2 atom stereocenters. The van der Waals surface area contributed by atoms with Crippen LogP contribution in [0.1, 0.15) is 43.7 Å². The third kappa shape index (κ3) is 4.04. The van der Waals surface area contributed by atoms with E-state index in [0.717, 1.165) is 44.8 Å². The summed E-state index contributed by atoms with van der Waals surface area (Å²) in [7, 11) is 0. The number of halogens is 2. The highest BCUT2D eigenvalue weighted by molar-refractivity contribution is 5.82. The molecular formula is C19H24F2N6O. The maximum Gasteiger partial charge on any atom is 0.240 e. The molecule has 4 rings (SSSR count). The number of nitrogens with zero attached hydrogens (tertiary/aromatic N) is 6. The van der Waals surface area contributed by atoms with Gasteiger partial charge in [-0.1, -0.05) is 18.9 Å². The number of carbonyl (C=O) groups excluding carboxylic acids is 1. The molecule has 28 heavy (non-hydrogen) atoms. The molecule has 7 nitrogen and oxygen atoms in total. The van der Waals surface area contributed by atoms with Gasteiger partial charge in [0.15, 0.2) is 11.6 Å². The van der Waals surface area contributed by atoms with Crippen LogP contribution >= 0.6 is 0 Å².